The highest BCUT2D eigenvalue weighted by Crippen LogP contribution is 2.36. The standard InChI is InChI=1S/C12H14ClNO2.ClH/c1-16-11(15)12(6-7-14-8-12)9-4-2-3-5-10(9)13;/h2-5,14H,6-8H2,1H3;1H. The fourth-order valence-electron chi connectivity index (χ4n) is 2.25. The van der Waals surface area contributed by atoms with Crippen molar-refractivity contribution >= 4 is 30.0 Å². The van der Waals surface area contributed by atoms with E-state index in [0.29, 0.717) is 11.6 Å². The van der Waals surface area contributed by atoms with Gasteiger partial charge in [-0.3, -0.25) is 4.79 Å². The summed E-state index contributed by atoms with van der Waals surface area (Å²) in [6, 6.07) is 7.45. The van der Waals surface area contributed by atoms with Crippen molar-refractivity contribution in [2.75, 3.05) is 20.2 Å². The van der Waals surface area contributed by atoms with Gasteiger partial charge in [-0.1, -0.05) is 29.8 Å². The largest absolute Gasteiger partial charge is 0.468 e. The highest BCUT2D eigenvalue weighted by molar-refractivity contribution is 6.31. The zero-order chi connectivity index (χ0) is 11.6. The minimum Gasteiger partial charge on any atom is -0.468 e. The number of carbonyl (C=O) groups excluding carboxylic acids is 1. The molecule has 1 heterocycles. The molecule has 17 heavy (non-hydrogen) atoms. The van der Waals surface area contributed by atoms with E-state index >= 15 is 0 Å². The first kappa shape index (κ1) is 14.3. The molecule has 0 amide bonds. The van der Waals surface area contributed by atoms with E-state index < -0.39 is 5.41 Å². The van der Waals surface area contributed by atoms with Gasteiger partial charge in [-0.15, -0.1) is 12.4 Å². The maximum atomic E-state index is 12.0. The second kappa shape index (κ2) is 5.71. The Labute approximate surface area is 112 Å². The van der Waals surface area contributed by atoms with Crippen LogP contribution in [0.4, 0.5) is 0 Å². The summed E-state index contributed by atoms with van der Waals surface area (Å²) in [4.78, 5) is 12.0. The van der Waals surface area contributed by atoms with E-state index in [2.05, 4.69) is 5.32 Å². The van der Waals surface area contributed by atoms with E-state index in [4.69, 9.17) is 16.3 Å². The molecule has 0 radical (unpaired) electrons. The second-order valence-electron chi connectivity index (χ2n) is 3.98. The van der Waals surface area contributed by atoms with Gasteiger partial charge in [0.25, 0.3) is 0 Å². The van der Waals surface area contributed by atoms with Gasteiger partial charge in [0.05, 0.1) is 7.11 Å². The van der Waals surface area contributed by atoms with Crippen molar-refractivity contribution in [2.45, 2.75) is 11.8 Å². The van der Waals surface area contributed by atoms with E-state index in [1.165, 1.54) is 7.11 Å². The summed E-state index contributed by atoms with van der Waals surface area (Å²) >= 11 is 6.16. The molecule has 0 bridgehead atoms. The number of esters is 1. The predicted octanol–water partition coefficient (Wildman–Crippen LogP) is 2.17. The van der Waals surface area contributed by atoms with Crippen LogP contribution in [0.2, 0.25) is 5.02 Å². The van der Waals surface area contributed by atoms with Gasteiger partial charge in [0.1, 0.15) is 5.41 Å². The van der Waals surface area contributed by atoms with E-state index in [1.54, 1.807) is 6.07 Å². The lowest BCUT2D eigenvalue weighted by atomic mass is 9.79. The predicted molar refractivity (Wildman–Crippen MR) is 69.9 cm³/mol. The highest BCUT2D eigenvalue weighted by atomic mass is 35.5. The average molecular weight is 276 g/mol. The summed E-state index contributed by atoms with van der Waals surface area (Å²) in [6.45, 7) is 1.39. The lowest BCUT2D eigenvalue weighted by Gasteiger charge is -2.26. The molecule has 1 N–H and O–H groups in total. The molecule has 0 spiro atoms. The summed E-state index contributed by atoms with van der Waals surface area (Å²) in [5.41, 5.74) is 0.237. The molecule has 5 heteroatoms. The number of carbonyl (C=O) groups is 1. The van der Waals surface area contributed by atoms with Crippen molar-refractivity contribution < 1.29 is 9.53 Å². The molecule has 1 saturated heterocycles. The fraction of sp³-hybridized carbons (Fsp3) is 0.417. The van der Waals surface area contributed by atoms with Crippen molar-refractivity contribution in [3.05, 3.63) is 34.9 Å². The topological polar surface area (TPSA) is 38.3 Å². The quantitative estimate of drug-likeness (QED) is 0.841. The lowest BCUT2D eigenvalue weighted by molar-refractivity contribution is -0.146. The van der Waals surface area contributed by atoms with Gasteiger partial charge < -0.3 is 10.1 Å². The molecule has 2 rings (SSSR count). The smallest absolute Gasteiger partial charge is 0.317 e. The number of ether oxygens (including phenoxy) is 1. The molecule has 1 aliphatic heterocycles. The van der Waals surface area contributed by atoms with Crippen LogP contribution in [0.5, 0.6) is 0 Å². The SMILES string of the molecule is COC(=O)C1(c2ccccc2Cl)CCNC1.Cl. The number of nitrogens with one attached hydrogen (secondary N) is 1. The van der Waals surface area contributed by atoms with Gasteiger partial charge >= 0.3 is 5.97 Å². The van der Waals surface area contributed by atoms with Crippen LogP contribution in [0.1, 0.15) is 12.0 Å². The summed E-state index contributed by atoms with van der Waals surface area (Å²) in [7, 11) is 1.42. The molecular weight excluding hydrogens is 261 g/mol. The Morgan fingerprint density at radius 3 is 2.71 bits per heavy atom. The molecule has 1 fully saturated rings. The van der Waals surface area contributed by atoms with Crippen molar-refractivity contribution in [3.8, 4) is 0 Å². The Morgan fingerprint density at radius 1 is 1.47 bits per heavy atom. The van der Waals surface area contributed by atoms with Crippen LogP contribution in [0.15, 0.2) is 24.3 Å². The molecular formula is C12H15Cl2NO2. The summed E-state index contributed by atoms with van der Waals surface area (Å²) in [5, 5.41) is 3.82. The summed E-state index contributed by atoms with van der Waals surface area (Å²) in [5.74, 6) is -0.217. The van der Waals surface area contributed by atoms with Crippen LogP contribution in [0.3, 0.4) is 0 Å². The van der Waals surface area contributed by atoms with Gasteiger partial charge in [-0.2, -0.15) is 0 Å². The first-order valence-corrected chi connectivity index (χ1v) is 5.63. The first-order chi connectivity index (χ1) is 7.70. The lowest BCUT2D eigenvalue weighted by Crippen LogP contribution is -2.39. The molecule has 1 unspecified atom stereocenters. The number of hydrogen-bond acceptors (Lipinski definition) is 3. The molecule has 0 saturated carbocycles. The third kappa shape index (κ3) is 2.41. The molecule has 0 aromatic heterocycles. The third-order valence-electron chi connectivity index (χ3n) is 3.12. The minimum atomic E-state index is -0.618. The molecule has 3 nitrogen and oxygen atoms in total. The maximum absolute atomic E-state index is 12.0. The fourth-order valence-corrected chi connectivity index (χ4v) is 2.57. The van der Waals surface area contributed by atoms with Crippen molar-refractivity contribution in [1.29, 1.82) is 0 Å². The Hall–Kier alpha value is -0.770. The molecule has 1 aliphatic rings. The van der Waals surface area contributed by atoms with E-state index in [0.717, 1.165) is 18.5 Å². The van der Waals surface area contributed by atoms with E-state index in [9.17, 15) is 4.79 Å². The highest BCUT2D eigenvalue weighted by Gasteiger charge is 2.45. The average Bonchev–Trinajstić information content (AvgIpc) is 2.79. The summed E-state index contributed by atoms with van der Waals surface area (Å²) in [6.07, 6.45) is 0.726. The Kier molecular flexibility index (Phi) is 4.80. The Bertz CT molecular complexity index is 403. The van der Waals surface area contributed by atoms with Gasteiger partial charge in [0.15, 0.2) is 0 Å². The van der Waals surface area contributed by atoms with Gasteiger partial charge in [0.2, 0.25) is 0 Å². The normalized spacial score (nSPS) is 22.9. The Morgan fingerprint density at radius 2 is 2.18 bits per heavy atom. The van der Waals surface area contributed by atoms with Gasteiger partial charge in [-0.25, -0.2) is 0 Å². The van der Waals surface area contributed by atoms with Crippen LogP contribution >= 0.6 is 24.0 Å². The number of methoxy groups -OCH3 is 1. The molecule has 0 aliphatic carbocycles. The summed E-state index contributed by atoms with van der Waals surface area (Å²) < 4.78 is 4.91. The zero-order valence-electron chi connectivity index (χ0n) is 9.53. The van der Waals surface area contributed by atoms with Crippen LogP contribution in [-0.4, -0.2) is 26.2 Å². The van der Waals surface area contributed by atoms with E-state index in [1.807, 2.05) is 18.2 Å². The number of halogens is 2. The Balaban J connectivity index is 0.00000144. The molecule has 1 aromatic carbocycles. The van der Waals surface area contributed by atoms with Crippen molar-refractivity contribution in [2.24, 2.45) is 0 Å². The van der Waals surface area contributed by atoms with Gasteiger partial charge in [-0.05, 0) is 24.6 Å². The zero-order valence-corrected chi connectivity index (χ0v) is 11.1. The van der Waals surface area contributed by atoms with E-state index in [-0.39, 0.29) is 18.4 Å². The van der Waals surface area contributed by atoms with Crippen molar-refractivity contribution in [3.63, 3.8) is 0 Å². The van der Waals surface area contributed by atoms with Crippen LogP contribution < -0.4 is 5.32 Å². The van der Waals surface area contributed by atoms with Crippen LogP contribution in [-0.2, 0) is 14.9 Å². The molecule has 1 atom stereocenters. The van der Waals surface area contributed by atoms with Crippen LogP contribution in [0.25, 0.3) is 0 Å². The van der Waals surface area contributed by atoms with Crippen molar-refractivity contribution in [1.82, 2.24) is 5.32 Å². The minimum absolute atomic E-state index is 0. The number of benzene rings is 1. The van der Waals surface area contributed by atoms with Gasteiger partial charge in [0, 0.05) is 11.6 Å². The maximum Gasteiger partial charge on any atom is 0.317 e. The molecule has 94 valence electrons. The number of rotatable bonds is 2. The second-order valence-corrected chi connectivity index (χ2v) is 4.39. The monoisotopic (exact) mass is 275 g/mol. The number of hydrogen-bond donors (Lipinski definition) is 1. The third-order valence-corrected chi connectivity index (χ3v) is 3.45. The van der Waals surface area contributed by atoms with Crippen LogP contribution in [0, 0.1) is 0 Å². The molecule has 1 aromatic rings. The first-order valence-electron chi connectivity index (χ1n) is 5.25.